The lowest BCUT2D eigenvalue weighted by Crippen LogP contribution is -2.22. The van der Waals surface area contributed by atoms with Gasteiger partial charge in [-0.25, -0.2) is 0 Å². The number of halogens is 1. The standard InChI is InChI=1S/C29H36ClNO2.C2H6O/c1-7-20(8-2)17-31-25-15-22(19(3)4)11-14-24(25)27(26(31)16-29(5,6)18-32)28(33)21-9-12-23(30)13-10-21;1-3-2/h9-15,18-20H,7-8,16-17H2,1-6H3;1-2H3. The van der Waals surface area contributed by atoms with Crippen LogP contribution in [0.15, 0.2) is 42.5 Å². The first-order valence-corrected chi connectivity index (χ1v) is 13.2. The van der Waals surface area contributed by atoms with E-state index in [-0.39, 0.29) is 5.78 Å². The molecule has 0 aliphatic rings. The highest BCUT2D eigenvalue weighted by Gasteiger charge is 2.29. The largest absolute Gasteiger partial charge is 0.388 e. The highest BCUT2D eigenvalue weighted by Crippen LogP contribution is 2.35. The van der Waals surface area contributed by atoms with E-state index >= 15 is 0 Å². The van der Waals surface area contributed by atoms with Crippen LogP contribution in [0.2, 0.25) is 5.02 Å². The van der Waals surface area contributed by atoms with Crippen LogP contribution in [0.5, 0.6) is 0 Å². The molecular weight excluding hydrogens is 470 g/mol. The summed E-state index contributed by atoms with van der Waals surface area (Å²) in [6.45, 7) is 13.5. The number of ether oxygens (including phenoxy) is 1. The highest BCUT2D eigenvalue weighted by molar-refractivity contribution is 6.30. The summed E-state index contributed by atoms with van der Waals surface area (Å²) in [6, 6.07) is 13.5. The fourth-order valence-corrected chi connectivity index (χ4v) is 4.57. The molecule has 4 nitrogen and oxygen atoms in total. The minimum absolute atomic E-state index is 0.0195. The van der Waals surface area contributed by atoms with Gasteiger partial charge in [-0.3, -0.25) is 4.79 Å². The van der Waals surface area contributed by atoms with E-state index in [1.807, 2.05) is 13.8 Å². The molecule has 0 amide bonds. The Bertz CT molecular complexity index is 1150. The van der Waals surface area contributed by atoms with Gasteiger partial charge in [0.1, 0.15) is 6.29 Å². The first kappa shape index (κ1) is 29.8. The van der Waals surface area contributed by atoms with Crippen LogP contribution in [-0.4, -0.2) is 30.9 Å². The van der Waals surface area contributed by atoms with Crippen molar-refractivity contribution in [3.8, 4) is 0 Å². The predicted molar refractivity (Wildman–Crippen MR) is 151 cm³/mol. The Morgan fingerprint density at radius 1 is 1.06 bits per heavy atom. The van der Waals surface area contributed by atoms with Crippen molar-refractivity contribution in [2.24, 2.45) is 11.3 Å². The number of benzene rings is 2. The smallest absolute Gasteiger partial charge is 0.195 e. The molecule has 1 aromatic heterocycles. The van der Waals surface area contributed by atoms with Gasteiger partial charge in [-0.2, -0.15) is 0 Å². The molecule has 0 saturated heterocycles. The van der Waals surface area contributed by atoms with Crippen molar-refractivity contribution in [2.45, 2.75) is 73.3 Å². The summed E-state index contributed by atoms with van der Waals surface area (Å²) in [5.74, 6) is 0.866. The zero-order valence-corrected chi connectivity index (χ0v) is 23.9. The molecule has 0 unspecified atom stereocenters. The van der Waals surface area contributed by atoms with E-state index in [2.05, 4.69) is 55.2 Å². The number of rotatable bonds is 10. The lowest BCUT2D eigenvalue weighted by atomic mass is 9.86. The Morgan fingerprint density at radius 2 is 1.64 bits per heavy atom. The van der Waals surface area contributed by atoms with Gasteiger partial charge in [-0.1, -0.05) is 78.1 Å². The molecule has 0 saturated carbocycles. The predicted octanol–water partition coefficient (Wildman–Crippen LogP) is 8.12. The molecule has 196 valence electrons. The van der Waals surface area contributed by atoms with E-state index < -0.39 is 5.41 Å². The summed E-state index contributed by atoms with van der Waals surface area (Å²) < 4.78 is 6.58. The fraction of sp³-hybridized carbons (Fsp3) is 0.484. The van der Waals surface area contributed by atoms with E-state index in [0.717, 1.165) is 42.3 Å². The number of hydrogen-bond acceptors (Lipinski definition) is 3. The Hall–Kier alpha value is -2.43. The Labute approximate surface area is 222 Å². The number of ketones is 1. The van der Waals surface area contributed by atoms with Gasteiger partial charge in [0.05, 0.1) is 5.56 Å². The van der Waals surface area contributed by atoms with Crippen molar-refractivity contribution < 1.29 is 14.3 Å². The molecule has 2 aromatic carbocycles. The number of hydrogen-bond donors (Lipinski definition) is 0. The molecular formula is C31H42ClNO3. The van der Waals surface area contributed by atoms with Crippen LogP contribution < -0.4 is 0 Å². The zero-order chi connectivity index (χ0) is 27.0. The average molecular weight is 512 g/mol. The fourth-order valence-electron chi connectivity index (χ4n) is 4.45. The minimum atomic E-state index is -0.573. The van der Waals surface area contributed by atoms with E-state index in [9.17, 15) is 9.59 Å². The summed E-state index contributed by atoms with van der Waals surface area (Å²) in [4.78, 5) is 25.8. The maximum Gasteiger partial charge on any atom is 0.195 e. The average Bonchev–Trinajstić information content (AvgIpc) is 3.14. The van der Waals surface area contributed by atoms with Gasteiger partial charge in [0.2, 0.25) is 0 Å². The van der Waals surface area contributed by atoms with Gasteiger partial charge in [0.25, 0.3) is 0 Å². The van der Waals surface area contributed by atoms with Crippen LogP contribution in [0.4, 0.5) is 0 Å². The number of aldehydes is 1. The summed E-state index contributed by atoms with van der Waals surface area (Å²) in [5.41, 5.74) is 4.03. The topological polar surface area (TPSA) is 48.3 Å². The number of carbonyl (C=O) groups is 2. The number of nitrogens with zero attached hydrogens (tertiary/aromatic N) is 1. The van der Waals surface area contributed by atoms with Gasteiger partial charge in [-0.15, -0.1) is 0 Å². The second-order valence-electron chi connectivity index (χ2n) is 10.6. The monoisotopic (exact) mass is 511 g/mol. The first-order chi connectivity index (χ1) is 17.0. The molecule has 3 aromatic rings. The van der Waals surface area contributed by atoms with E-state index in [4.69, 9.17) is 11.6 Å². The maximum absolute atomic E-state index is 13.9. The molecule has 0 spiro atoms. The van der Waals surface area contributed by atoms with Crippen molar-refractivity contribution >= 4 is 34.6 Å². The molecule has 36 heavy (non-hydrogen) atoms. The van der Waals surface area contributed by atoms with Crippen molar-refractivity contribution in [3.63, 3.8) is 0 Å². The molecule has 0 bridgehead atoms. The second-order valence-corrected chi connectivity index (χ2v) is 11.0. The van der Waals surface area contributed by atoms with Crippen LogP contribution in [0.3, 0.4) is 0 Å². The molecule has 3 rings (SSSR count). The van der Waals surface area contributed by atoms with Crippen LogP contribution in [0.25, 0.3) is 10.9 Å². The maximum atomic E-state index is 13.9. The summed E-state index contributed by atoms with van der Waals surface area (Å²) >= 11 is 6.08. The third kappa shape index (κ3) is 7.08. The van der Waals surface area contributed by atoms with E-state index in [1.54, 1.807) is 38.5 Å². The summed E-state index contributed by atoms with van der Waals surface area (Å²) in [6.07, 6.45) is 3.65. The van der Waals surface area contributed by atoms with Crippen LogP contribution in [0, 0.1) is 11.3 Å². The lowest BCUT2D eigenvalue weighted by molar-refractivity contribution is -0.114. The normalized spacial score (nSPS) is 11.6. The molecule has 1 heterocycles. The Balaban J connectivity index is 0.00000145. The SMILES string of the molecule is CCC(CC)Cn1c(CC(C)(C)C=O)c(C(=O)c2ccc(Cl)cc2)c2ccc(C(C)C)cc21.COC. The summed E-state index contributed by atoms with van der Waals surface area (Å²) in [7, 11) is 3.25. The van der Waals surface area contributed by atoms with Gasteiger partial charge in [-0.05, 0) is 47.7 Å². The lowest BCUT2D eigenvalue weighted by Gasteiger charge is -2.23. The molecule has 0 aliphatic heterocycles. The second kappa shape index (κ2) is 13.2. The van der Waals surface area contributed by atoms with Crippen molar-refractivity contribution in [1.29, 1.82) is 0 Å². The Morgan fingerprint density at radius 3 is 2.14 bits per heavy atom. The van der Waals surface area contributed by atoms with Crippen molar-refractivity contribution in [2.75, 3.05) is 14.2 Å². The summed E-state index contributed by atoms with van der Waals surface area (Å²) in [5, 5.41) is 1.56. The minimum Gasteiger partial charge on any atom is -0.388 e. The van der Waals surface area contributed by atoms with Gasteiger partial charge in [0.15, 0.2) is 5.78 Å². The van der Waals surface area contributed by atoms with Gasteiger partial charge in [0, 0.05) is 59.8 Å². The van der Waals surface area contributed by atoms with E-state index in [1.165, 1.54) is 5.56 Å². The van der Waals surface area contributed by atoms with Crippen LogP contribution in [0.1, 0.15) is 87.5 Å². The van der Waals surface area contributed by atoms with Crippen molar-refractivity contribution in [1.82, 2.24) is 4.57 Å². The van der Waals surface area contributed by atoms with Gasteiger partial charge >= 0.3 is 0 Å². The zero-order valence-electron chi connectivity index (χ0n) is 23.2. The third-order valence-corrected chi connectivity index (χ3v) is 6.99. The molecule has 0 radical (unpaired) electrons. The molecule has 0 N–H and O–H groups in total. The number of carbonyl (C=O) groups excluding carboxylic acids is 2. The van der Waals surface area contributed by atoms with Crippen LogP contribution >= 0.6 is 11.6 Å². The van der Waals surface area contributed by atoms with E-state index in [0.29, 0.717) is 34.4 Å². The third-order valence-electron chi connectivity index (χ3n) is 6.73. The van der Waals surface area contributed by atoms with Crippen molar-refractivity contribution in [3.05, 3.63) is 69.9 Å². The quantitative estimate of drug-likeness (QED) is 0.204. The molecule has 5 heteroatoms. The Kier molecular flexibility index (Phi) is 10.9. The van der Waals surface area contributed by atoms with Crippen LogP contribution in [-0.2, 0) is 22.5 Å². The molecule has 0 aliphatic carbocycles. The first-order valence-electron chi connectivity index (χ1n) is 12.8. The van der Waals surface area contributed by atoms with Gasteiger partial charge < -0.3 is 14.1 Å². The molecule has 0 atom stereocenters. The number of aromatic nitrogens is 1. The number of methoxy groups -OCH3 is 1. The molecule has 0 fully saturated rings. The number of fused-ring (bicyclic) bond motifs is 1. The highest BCUT2D eigenvalue weighted by atomic mass is 35.5.